The van der Waals surface area contributed by atoms with Gasteiger partial charge >= 0.3 is 0 Å². The van der Waals surface area contributed by atoms with Crippen molar-refractivity contribution in [3.05, 3.63) is 70.2 Å². The fraction of sp³-hybridized carbons (Fsp3) is 0.235. The Labute approximate surface area is 145 Å². The topological polar surface area (TPSA) is 72.5 Å². The van der Waals surface area contributed by atoms with Crippen molar-refractivity contribution in [2.75, 3.05) is 6.61 Å². The fourth-order valence-electron chi connectivity index (χ4n) is 2.67. The van der Waals surface area contributed by atoms with Crippen LogP contribution in [0.25, 0.3) is 0 Å². The Balaban J connectivity index is 1.76. The van der Waals surface area contributed by atoms with Gasteiger partial charge in [-0.15, -0.1) is 0 Å². The quantitative estimate of drug-likeness (QED) is 0.903. The Hall–Kier alpha value is -1.89. The maximum absolute atomic E-state index is 12.4. The summed E-state index contributed by atoms with van der Waals surface area (Å²) in [5.41, 5.74) is 2.13. The van der Waals surface area contributed by atoms with E-state index in [0.717, 1.165) is 5.56 Å². The monoisotopic (exact) mass is 365 g/mol. The van der Waals surface area contributed by atoms with Crippen LogP contribution in [0.4, 0.5) is 0 Å². The molecule has 0 saturated carbocycles. The molecular formula is C17H16ClNO4S. The zero-order chi connectivity index (χ0) is 17.2. The van der Waals surface area contributed by atoms with Crippen molar-refractivity contribution >= 4 is 27.5 Å². The van der Waals surface area contributed by atoms with Crippen molar-refractivity contribution in [2.45, 2.75) is 18.3 Å². The van der Waals surface area contributed by atoms with E-state index in [4.69, 9.17) is 16.3 Å². The summed E-state index contributed by atoms with van der Waals surface area (Å²) in [6.07, 6.45) is -0.220. The Morgan fingerprint density at radius 3 is 2.67 bits per heavy atom. The molecule has 0 bridgehead atoms. The average molecular weight is 366 g/mol. The lowest BCUT2D eigenvalue weighted by molar-refractivity contribution is -0.132. The zero-order valence-corrected chi connectivity index (χ0v) is 14.3. The van der Waals surface area contributed by atoms with E-state index in [1.165, 1.54) is 0 Å². The van der Waals surface area contributed by atoms with Crippen LogP contribution in [0.15, 0.2) is 48.5 Å². The number of nitrogens with one attached hydrogen (secondary N) is 1. The third-order valence-electron chi connectivity index (χ3n) is 3.79. The minimum atomic E-state index is -3.87. The SMILES string of the molecule is O=C(NS(=O)(=O)Cc1ccccc1Cl)[C@H]1OCCc2ccccc21. The highest BCUT2D eigenvalue weighted by atomic mass is 35.5. The molecule has 5 nitrogen and oxygen atoms in total. The summed E-state index contributed by atoms with van der Waals surface area (Å²) in [5.74, 6) is -1.05. The second-order valence-corrected chi connectivity index (χ2v) is 7.65. The summed E-state index contributed by atoms with van der Waals surface area (Å²) in [7, 11) is -3.87. The van der Waals surface area contributed by atoms with Crippen LogP contribution in [-0.2, 0) is 31.7 Å². The van der Waals surface area contributed by atoms with Gasteiger partial charge in [0.25, 0.3) is 5.91 Å². The van der Waals surface area contributed by atoms with E-state index in [2.05, 4.69) is 4.72 Å². The molecule has 0 aromatic heterocycles. The number of ether oxygens (including phenoxy) is 1. The number of fused-ring (bicyclic) bond motifs is 1. The number of carbonyl (C=O) groups excluding carboxylic acids is 1. The van der Waals surface area contributed by atoms with Crippen LogP contribution in [0.1, 0.15) is 22.8 Å². The second-order valence-electron chi connectivity index (χ2n) is 5.52. The van der Waals surface area contributed by atoms with Crippen molar-refractivity contribution in [1.82, 2.24) is 4.72 Å². The van der Waals surface area contributed by atoms with Gasteiger partial charge in [0.1, 0.15) is 0 Å². The number of rotatable bonds is 4. The second kappa shape index (κ2) is 6.93. The molecule has 1 aliphatic heterocycles. The molecule has 2 aromatic carbocycles. The molecule has 0 unspecified atom stereocenters. The summed E-state index contributed by atoms with van der Waals surface area (Å²) in [6, 6.07) is 14.0. The van der Waals surface area contributed by atoms with Crippen molar-refractivity contribution in [1.29, 1.82) is 0 Å². The first-order valence-electron chi connectivity index (χ1n) is 7.43. The lowest BCUT2D eigenvalue weighted by atomic mass is 9.97. The van der Waals surface area contributed by atoms with Gasteiger partial charge in [-0.05, 0) is 29.2 Å². The van der Waals surface area contributed by atoms with Crippen LogP contribution in [-0.4, -0.2) is 20.9 Å². The van der Waals surface area contributed by atoms with E-state index in [1.54, 1.807) is 36.4 Å². The van der Waals surface area contributed by atoms with Crippen LogP contribution in [0, 0.1) is 0 Å². The molecule has 7 heteroatoms. The van der Waals surface area contributed by atoms with E-state index in [1.807, 2.05) is 12.1 Å². The van der Waals surface area contributed by atoms with Crippen molar-refractivity contribution < 1.29 is 17.9 Å². The molecule has 126 valence electrons. The first kappa shape index (κ1) is 17.0. The zero-order valence-electron chi connectivity index (χ0n) is 12.7. The van der Waals surface area contributed by atoms with Gasteiger partial charge in [-0.2, -0.15) is 0 Å². The van der Waals surface area contributed by atoms with E-state index in [9.17, 15) is 13.2 Å². The molecule has 0 aliphatic carbocycles. The van der Waals surface area contributed by atoms with Gasteiger partial charge in [-0.1, -0.05) is 54.1 Å². The minimum Gasteiger partial charge on any atom is -0.363 e. The molecule has 1 N–H and O–H groups in total. The molecule has 0 radical (unpaired) electrons. The van der Waals surface area contributed by atoms with Gasteiger partial charge in [-0.25, -0.2) is 8.42 Å². The molecule has 1 amide bonds. The number of benzene rings is 2. The number of carbonyl (C=O) groups is 1. The minimum absolute atomic E-state index is 0.342. The van der Waals surface area contributed by atoms with Gasteiger partial charge in [0, 0.05) is 5.02 Å². The number of hydrogen-bond donors (Lipinski definition) is 1. The average Bonchev–Trinajstić information content (AvgIpc) is 2.56. The van der Waals surface area contributed by atoms with Crippen LogP contribution in [0.2, 0.25) is 5.02 Å². The molecule has 0 fully saturated rings. The molecular weight excluding hydrogens is 350 g/mol. The van der Waals surface area contributed by atoms with Crippen molar-refractivity contribution in [3.8, 4) is 0 Å². The van der Waals surface area contributed by atoms with Crippen LogP contribution in [0.5, 0.6) is 0 Å². The van der Waals surface area contributed by atoms with Crippen molar-refractivity contribution in [3.63, 3.8) is 0 Å². The molecule has 0 spiro atoms. The Kier molecular flexibility index (Phi) is 4.89. The maximum Gasteiger partial charge on any atom is 0.267 e. The third kappa shape index (κ3) is 3.77. The molecule has 0 saturated heterocycles. The molecule has 2 aromatic rings. The first-order chi connectivity index (χ1) is 11.5. The Morgan fingerprint density at radius 2 is 1.88 bits per heavy atom. The molecule has 24 heavy (non-hydrogen) atoms. The van der Waals surface area contributed by atoms with Gasteiger partial charge in [0.2, 0.25) is 10.0 Å². The van der Waals surface area contributed by atoms with Gasteiger partial charge in [-0.3, -0.25) is 9.52 Å². The van der Waals surface area contributed by atoms with Gasteiger partial charge in [0.15, 0.2) is 6.10 Å². The van der Waals surface area contributed by atoms with Gasteiger partial charge < -0.3 is 4.74 Å². The van der Waals surface area contributed by atoms with Crippen LogP contribution in [0.3, 0.4) is 0 Å². The molecule has 3 rings (SSSR count). The lowest BCUT2D eigenvalue weighted by Crippen LogP contribution is -2.38. The van der Waals surface area contributed by atoms with E-state index in [0.29, 0.717) is 29.2 Å². The first-order valence-corrected chi connectivity index (χ1v) is 9.46. The normalized spacial score (nSPS) is 17.1. The Morgan fingerprint density at radius 1 is 1.17 bits per heavy atom. The molecule has 1 heterocycles. The summed E-state index contributed by atoms with van der Waals surface area (Å²) in [6.45, 7) is 0.375. The summed E-state index contributed by atoms with van der Waals surface area (Å²) < 4.78 is 32.1. The lowest BCUT2D eigenvalue weighted by Gasteiger charge is -2.25. The molecule has 1 aliphatic rings. The highest BCUT2D eigenvalue weighted by Crippen LogP contribution is 2.27. The highest BCUT2D eigenvalue weighted by Gasteiger charge is 2.30. The predicted octanol–water partition coefficient (Wildman–Crippen LogP) is 2.60. The van der Waals surface area contributed by atoms with Crippen LogP contribution >= 0.6 is 11.6 Å². The summed E-state index contributed by atoms with van der Waals surface area (Å²) >= 11 is 5.98. The highest BCUT2D eigenvalue weighted by molar-refractivity contribution is 7.89. The van der Waals surface area contributed by atoms with Gasteiger partial charge in [0.05, 0.1) is 12.4 Å². The number of hydrogen-bond acceptors (Lipinski definition) is 4. The largest absolute Gasteiger partial charge is 0.363 e. The number of halogens is 1. The Bertz CT molecular complexity index is 866. The van der Waals surface area contributed by atoms with E-state index in [-0.39, 0.29) is 5.75 Å². The number of amides is 1. The summed E-state index contributed by atoms with van der Waals surface area (Å²) in [4.78, 5) is 12.4. The van der Waals surface area contributed by atoms with E-state index >= 15 is 0 Å². The molecule has 1 atom stereocenters. The standard InChI is InChI=1S/C17H16ClNO4S/c18-15-8-4-2-6-13(15)11-24(21,22)19-17(20)16-14-7-3-1-5-12(14)9-10-23-16/h1-8,16H,9-11H2,(H,19,20)/t16-/m0/s1. The predicted molar refractivity (Wildman–Crippen MR) is 91.1 cm³/mol. The fourth-order valence-corrected chi connectivity index (χ4v) is 4.10. The number of sulfonamides is 1. The van der Waals surface area contributed by atoms with E-state index < -0.39 is 22.0 Å². The third-order valence-corrected chi connectivity index (χ3v) is 5.36. The summed E-state index contributed by atoms with van der Waals surface area (Å²) in [5, 5.41) is 0.342. The smallest absolute Gasteiger partial charge is 0.267 e. The maximum atomic E-state index is 12.4. The van der Waals surface area contributed by atoms with Crippen LogP contribution < -0.4 is 4.72 Å². The van der Waals surface area contributed by atoms with Crippen molar-refractivity contribution in [2.24, 2.45) is 0 Å².